The van der Waals surface area contributed by atoms with Crippen LogP contribution in [0.15, 0.2) is 12.2 Å². The minimum absolute atomic E-state index is 0.707. The van der Waals surface area contributed by atoms with Crippen molar-refractivity contribution in [2.24, 2.45) is 5.92 Å². The van der Waals surface area contributed by atoms with E-state index in [0.29, 0.717) is 6.04 Å². The van der Waals surface area contributed by atoms with Gasteiger partial charge in [0.15, 0.2) is 0 Å². The van der Waals surface area contributed by atoms with Crippen molar-refractivity contribution in [3.05, 3.63) is 12.2 Å². The molecule has 0 aromatic carbocycles. The maximum Gasteiger partial charge on any atom is 0.0221 e. The van der Waals surface area contributed by atoms with Crippen LogP contribution in [0, 0.1) is 5.92 Å². The second-order valence-electron chi connectivity index (χ2n) is 6.09. The Morgan fingerprint density at radius 1 is 1.29 bits per heavy atom. The minimum atomic E-state index is 0.707. The number of rotatable bonds is 4. The summed E-state index contributed by atoms with van der Waals surface area (Å²) in [5.41, 5.74) is 0. The summed E-state index contributed by atoms with van der Waals surface area (Å²) in [5, 5.41) is 3.74. The van der Waals surface area contributed by atoms with Gasteiger partial charge < -0.3 is 5.32 Å². The molecule has 1 heterocycles. The molecule has 0 bridgehead atoms. The molecule has 2 atom stereocenters. The molecular formula is C15H28N2. The first kappa shape index (κ1) is 13.1. The zero-order chi connectivity index (χ0) is 12.3. The zero-order valence-corrected chi connectivity index (χ0v) is 11.7. The molecule has 1 aliphatic carbocycles. The fraction of sp³-hybridized carbons (Fsp3) is 0.867. The summed E-state index contributed by atoms with van der Waals surface area (Å²) >= 11 is 0. The smallest absolute Gasteiger partial charge is 0.0221 e. The normalized spacial score (nSPS) is 31.5. The lowest BCUT2D eigenvalue weighted by Gasteiger charge is -2.44. The van der Waals surface area contributed by atoms with Gasteiger partial charge in [-0.25, -0.2) is 0 Å². The predicted molar refractivity (Wildman–Crippen MR) is 74.2 cm³/mol. The highest BCUT2D eigenvalue weighted by molar-refractivity contribution is 5.01. The number of hydrogen-bond donors (Lipinski definition) is 1. The molecule has 1 N–H and O–H groups in total. The van der Waals surface area contributed by atoms with Gasteiger partial charge in [-0.1, -0.05) is 32.9 Å². The van der Waals surface area contributed by atoms with Crippen LogP contribution < -0.4 is 5.32 Å². The van der Waals surface area contributed by atoms with Crippen molar-refractivity contribution in [2.45, 2.75) is 64.6 Å². The van der Waals surface area contributed by atoms with Crippen molar-refractivity contribution in [3.63, 3.8) is 0 Å². The lowest BCUT2D eigenvalue weighted by Crippen LogP contribution is -2.59. The Bertz CT molecular complexity index is 250. The highest BCUT2D eigenvalue weighted by Gasteiger charge is 2.31. The monoisotopic (exact) mass is 236 g/mol. The number of nitrogens with one attached hydrogen (secondary N) is 1. The van der Waals surface area contributed by atoms with Gasteiger partial charge in [0.25, 0.3) is 0 Å². The summed E-state index contributed by atoms with van der Waals surface area (Å²) in [4.78, 5) is 2.78. The van der Waals surface area contributed by atoms with E-state index in [1.807, 2.05) is 0 Å². The summed E-state index contributed by atoms with van der Waals surface area (Å²) in [6.07, 6.45) is 9.84. The van der Waals surface area contributed by atoms with E-state index in [4.69, 9.17) is 0 Å². The molecule has 2 rings (SSSR count). The highest BCUT2D eigenvalue weighted by Crippen LogP contribution is 2.24. The Hall–Kier alpha value is -0.340. The lowest BCUT2D eigenvalue weighted by molar-refractivity contribution is 0.0780. The fourth-order valence-electron chi connectivity index (χ4n) is 3.31. The topological polar surface area (TPSA) is 15.3 Å². The van der Waals surface area contributed by atoms with Crippen molar-refractivity contribution >= 4 is 0 Å². The van der Waals surface area contributed by atoms with Crippen molar-refractivity contribution < 1.29 is 0 Å². The second kappa shape index (κ2) is 6.01. The molecular weight excluding hydrogens is 208 g/mol. The minimum Gasteiger partial charge on any atom is -0.311 e. The van der Waals surface area contributed by atoms with Gasteiger partial charge >= 0.3 is 0 Å². The average molecular weight is 236 g/mol. The zero-order valence-electron chi connectivity index (χ0n) is 11.7. The van der Waals surface area contributed by atoms with E-state index in [-0.39, 0.29) is 0 Å². The van der Waals surface area contributed by atoms with Crippen LogP contribution in [-0.2, 0) is 0 Å². The van der Waals surface area contributed by atoms with Crippen molar-refractivity contribution in [2.75, 3.05) is 13.1 Å². The van der Waals surface area contributed by atoms with Crippen LogP contribution >= 0.6 is 0 Å². The first-order valence-electron chi connectivity index (χ1n) is 7.34. The van der Waals surface area contributed by atoms with Gasteiger partial charge in [-0.05, 0) is 31.6 Å². The van der Waals surface area contributed by atoms with Gasteiger partial charge in [-0.3, -0.25) is 4.90 Å². The third-order valence-electron chi connectivity index (χ3n) is 4.22. The molecule has 0 saturated carbocycles. The van der Waals surface area contributed by atoms with Crippen LogP contribution in [0.2, 0.25) is 0 Å². The first-order valence-corrected chi connectivity index (χ1v) is 7.34. The van der Waals surface area contributed by atoms with E-state index in [0.717, 1.165) is 18.0 Å². The lowest BCUT2D eigenvalue weighted by atomic mass is 9.97. The van der Waals surface area contributed by atoms with Crippen LogP contribution in [0.4, 0.5) is 0 Å². The van der Waals surface area contributed by atoms with E-state index >= 15 is 0 Å². The van der Waals surface area contributed by atoms with Gasteiger partial charge in [0.1, 0.15) is 0 Å². The van der Waals surface area contributed by atoms with Crippen LogP contribution in [0.1, 0.15) is 46.5 Å². The molecule has 0 radical (unpaired) electrons. The van der Waals surface area contributed by atoms with Crippen LogP contribution in [0.5, 0.6) is 0 Å². The van der Waals surface area contributed by atoms with E-state index in [1.165, 1.54) is 38.8 Å². The molecule has 2 heteroatoms. The van der Waals surface area contributed by atoms with Crippen molar-refractivity contribution in [1.82, 2.24) is 10.2 Å². The Morgan fingerprint density at radius 2 is 2.00 bits per heavy atom. The van der Waals surface area contributed by atoms with E-state index in [1.54, 1.807) is 0 Å². The highest BCUT2D eigenvalue weighted by atomic mass is 15.3. The molecule has 0 spiro atoms. The van der Waals surface area contributed by atoms with Crippen LogP contribution in [0.3, 0.4) is 0 Å². The van der Waals surface area contributed by atoms with Gasteiger partial charge in [0.2, 0.25) is 0 Å². The first-order chi connectivity index (χ1) is 8.20. The number of hydrogen-bond acceptors (Lipinski definition) is 2. The Balaban J connectivity index is 1.93. The molecule has 2 unspecified atom stereocenters. The Labute approximate surface area is 106 Å². The maximum absolute atomic E-state index is 3.74. The Morgan fingerprint density at radius 3 is 2.59 bits per heavy atom. The van der Waals surface area contributed by atoms with Crippen LogP contribution in [-0.4, -0.2) is 36.1 Å². The molecule has 0 aromatic rings. The van der Waals surface area contributed by atoms with Crippen molar-refractivity contribution in [1.29, 1.82) is 0 Å². The maximum atomic E-state index is 3.74. The number of nitrogens with zero attached hydrogens (tertiary/aromatic N) is 1. The molecule has 98 valence electrons. The van der Waals surface area contributed by atoms with E-state index in [9.17, 15) is 0 Å². The summed E-state index contributed by atoms with van der Waals surface area (Å²) in [7, 11) is 0. The van der Waals surface area contributed by atoms with Gasteiger partial charge in [-0.15, -0.1) is 0 Å². The molecule has 1 fully saturated rings. The summed E-state index contributed by atoms with van der Waals surface area (Å²) < 4.78 is 0. The average Bonchev–Trinajstić information content (AvgIpc) is 2.81. The standard InChI is InChI=1S/C15H28N2/c1-4-14-10-16-13(9-12(2)3)11-17(14)15-7-5-6-8-15/h5-6,12-16H,4,7-11H2,1-3H3. The molecule has 2 nitrogen and oxygen atoms in total. The Kier molecular flexibility index (Phi) is 4.63. The third kappa shape index (κ3) is 3.32. The largest absolute Gasteiger partial charge is 0.311 e. The third-order valence-corrected chi connectivity index (χ3v) is 4.22. The molecule has 0 aromatic heterocycles. The number of piperazine rings is 1. The second-order valence-corrected chi connectivity index (χ2v) is 6.09. The predicted octanol–water partition coefficient (Wildman–Crippen LogP) is 2.80. The van der Waals surface area contributed by atoms with Crippen LogP contribution in [0.25, 0.3) is 0 Å². The van der Waals surface area contributed by atoms with Gasteiger partial charge in [0, 0.05) is 31.2 Å². The van der Waals surface area contributed by atoms with E-state index in [2.05, 4.69) is 43.1 Å². The summed E-state index contributed by atoms with van der Waals surface area (Å²) in [5.74, 6) is 0.800. The summed E-state index contributed by atoms with van der Waals surface area (Å²) in [6, 6.07) is 2.25. The van der Waals surface area contributed by atoms with Gasteiger partial charge in [-0.2, -0.15) is 0 Å². The molecule has 0 amide bonds. The van der Waals surface area contributed by atoms with E-state index < -0.39 is 0 Å². The summed E-state index contributed by atoms with van der Waals surface area (Å²) in [6.45, 7) is 9.42. The molecule has 2 aliphatic rings. The molecule has 1 saturated heterocycles. The van der Waals surface area contributed by atoms with Gasteiger partial charge in [0.05, 0.1) is 0 Å². The van der Waals surface area contributed by atoms with Crippen molar-refractivity contribution in [3.8, 4) is 0 Å². The molecule has 1 aliphatic heterocycles. The molecule has 17 heavy (non-hydrogen) atoms. The fourth-order valence-corrected chi connectivity index (χ4v) is 3.31. The quantitative estimate of drug-likeness (QED) is 0.755. The SMILES string of the molecule is CCC1CNC(CC(C)C)CN1C1CC=CC1.